The topological polar surface area (TPSA) is 161 Å². The molecule has 0 bridgehead atoms. The van der Waals surface area contributed by atoms with Gasteiger partial charge in [-0.25, -0.2) is 0 Å². The van der Waals surface area contributed by atoms with Crippen LogP contribution in [0.4, 0.5) is 0 Å². The van der Waals surface area contributed by atoms with Gasteiger partial charge < -0.3 is 47.4 Å². The highest BCUT2D eigenvalue weighted by Gasteiger charge is 2.48. The van der Waals surface area contributed by atoms with Crippen molar-refractivity contribution in [3.63, 3.8) is 0 Å². The van der Waals surface area contributed by atoms with E-state index in [9.17, 15) is 19.2 Å². The van der Waals surface area contributed by atoms with Gasteiger partial charge in [-0.05, 0) is 106 Å². The third-order valence-electron chi connectivity index (χ3n) is 16.6. The van der Waals surface area contributed by atoms with E-state index >= 15 is 0 Å². The summed E-state index contributed by atoms with van der Waals surface area (Å²) in [4.78, 5) is 59.5. The molecule has 14 heteroatoms. The number of carbonyl (C=O) groups is 4. The number of hydrogen-bond acceptors (Lipinski definition) is 14. The van der Waals surface area contributed by atoms with Crippen LogP contribution in [0.5, 0.6) is 46.0 Å². The monoisotopic (exact) mass is 1050 g/mol. The van der Waals surface area contributed by atoms with E-state index in [1.165, 1.54) is 0 Å². The maximum absolute atomic E-state index is 14.9. The maximum atomic E-state index is 14.9. The van der Waals surface area contributed by atoms with Gasteiger partial charge in [0.1, 0.15) is 23.0 Å². The van der Waals surface area contributed by atoms with Crippen LogP contribution in [0.25, 0.3) is 0 Å². The summed E-state index contributed by atoms with van der Waals surface area (Å²) in [5.74, 6) is 3.79. The van der Waals surface area contributed by atoms with Crippen LogP contribution in [0, 0.1) is 0 Å². The zero-order valence-corrected chi connectivity index (χ0v) is 45.1. The lowest BCUT2D eigenvalue weighted by Crippen LogP contribution is -2.34. The molecule has 0 radical (unpaired) electrons. The van der Waals surface area contributed by atoms with Crippen molar-refractivity contribution < 1.29 is 66.5 Å². The molecule has 4 unspecified atom stereocenters. The molecule has 2 aliphatic heterocycles. The van der Waals surface area contributed by atoms with E-state index in [0.717, 1.165) is 33.4 Å². The molecule has 0 aromatic heterocycles. The predicted molar refractivity (Wildman–Crippen MR) is 288 cm³/mol. The van der Waals surface area contributed by atoms with Crippen molar-refractivity contribution in [2.45, 2.75) is 86.9 Å². The van der Waals surface area contributed by atoms with E-state index in [-0.39, 0.29) is 72.5 Å². The number of carbonyl (C=O) groups excluding carboxylic acids is 4. The van der Waals surface area contributed by atoms with Gasteiger partial charge in [-0.15, -0.1) is 0 Å². The second kappa shape index (κ2) is 21.3. The lowest BCUT2D eigenvalue weighted by molar-refractivity contribution is -0.119. The summed E-state index contributed by atoms with van der Waals surface area (Å²) in [6.45, 7) is 0. The van der Waals surface area contributed by atoms with Crippen molar-refractivity contribution >= 4 is 23.1 Å². The maximum Gasteiger partial charge on any atom is 0.163 e. The molecule has 0 N–H and O–H groups in total. The summed E-state index contributed by atoms with van der Waals surface area (Å²) in [5, 5.41) is 0. The smallest absolute Gasteiger partial charge is 0.163 e. The van der Waals surface area contributed by atoms with E-state index in [4.69, 9.17) is 47.4 Å². The van der Waals surface area contributed by atoms with E-state index in [1.807, 2.05) is 97.1 Å². The number of Topliss-reactive ketones (excluding diaryl/α,β-unsaturated/α-hetero) is 4. The van der Waals surface area contributed by atoms with E-state index in [2.05, 4.69) is 0 Å². The Morgan fingerprint density at radius 1 is 0.282 bits per heavy atom. The van der Waals surface area contributed by atoms with Crippen molar-refractivity contribution in [3.8, 4) is 46.0 Å². The fraction of sp³-hybridized carbons (Fsp3) is 0.344. The second-order valence-electron chi connectivity index (χ2n) is 20.7. The van der Waals surface area contributed by atoms with E-state index in [1.54, 1.807) is 56.9 Å². The molecule has 0 fully saturated rings. The van der Waals surface area contributed by atoms with Crippen LogP contribution in [0.15, 0.2) is 142 Å². The fourth-order valence-corrected chi connectivity index (χ4v) is 12.8. The number of rotatable bonds is 14. The Labute approximate surface area is 453 Å². The number of methoxy groups -OCH3 is 8. The molecule has 0 saturated carbocycles. The first kappa shape index (κ1) is 51.8. The molecule has 5 aromatic rings. The van der Waals surface area contributed by atoms with Crippen LogP contribution in [-0.4, -0.2) is 80.0 Å². The lowest BCUT2D eigenvalue weighted by Gasteiger charge is -2.40. The SMILES string of the molecule is COc1ccc(C2CC(=O)C3=C(C2)OC2=C(C(=O)CC(c4ccc(OC)c(OC)c4)C2)C3c2ccc(C3C4=C(CC(c5ccc(OC)c(OC)c5)CC4=O)OC4=C3C(=O)CC(c3ccc(OC)c(OC)c3)C4)cc2)cc1OC. The molecule has 78 heavy (non-hydrogen) atoms. The van der Waals surface area contributed by atoms with Crippen molar-refractivity contribution in [1.29, 1.82) is 0 Å². The largest absolute Gasteiger partial charge is 0.493 e. The van der Waals surface area contributed by atoms with Crippen LogP contribution in [-0.2, 0) is 28.7 Å². The average molecular weight is 1060 g/mol. The normalized spacial score (nSPS) is 22.8. The highest BCUT2D eigenvalue weighted by atomic mass is 16.5. The van der Waals surface area contributed by atoms with Crippen molar-refractivity contribution in [1.82, 2.24) is 0 Å². The molecule has 0 amide bonds. The number of benzene rings is 5. The zero-order chi connectivity index (χ0) is 54.5. The summed E-state index contributed by atoms with van der Waals surface area (Å²) >= 11 is 0. The van der Waals surface area contributed by atoms with Gasteiger partial charge in [0, 0.05) is 85.5 Å². The lowest BCUT2D eigenvalue weighted by atomic mass is 9.67. The second-order valence-corrected chi connectivity index (χ2v) is 20.7. The predicted octanol–water partition coefficient (Wildman–Crippen LogP) is 11.6. The van der Waals surface area contributed by atoms with Gasteiger partial charge in [0.15, 0.2) is 69.1 Å². The Balaban J connectivity index is 0.999. The molecule has 2 heterocycles. The van der Waals surface area contributed by atoms with Crippen LogP contribution >= 0.6 is 0 Å². The van der Waals surface area contributed by atoms with Crippen LogP contribution in [0.3, 0.4) is 0 Å². The summed E-state index contributed by atoms with van der Waals surface area (Å²) in [6.07, 6.45) is 2.38. The minimum Gasteiger partial charge on any atom is -0.493 e. The molecular formula is C64H62O14. The van der Waals surface area contributed by atoms with Gasteiger partial charge >= 0.3 is 0 Å². The third-order valence-corrected chi connectivity index (χ3v) is 16.6. The van der Waals surface area contributed by atoms with Crippen LogP contribution in [0.2, 0.25) is 0 Å². The van der Waals surface area contributed by atoms with Crippen LogP contribution in [0.1, 0.15) is 120 Å². The van der Waals surface area contributed by atoms with Crippen molar-refractivity contribution in [2.24, 2.45) is 0 Å². The Morgan fingerprint density at radius 2 is 0.487 bits per heavy atom. The quantitative estimate of drug-likeness (QED) is 0.103. The standard InChI is InChI=1S/C64H62O14/c1-69-47-17-13-35(25-51(47)73-5)39-21-43(65)61-55(29-39)77-56-30-40(36-14-18-48(70-2)52(26-36)74-6)22-44(66)62(56)59(61)33-9-11-34(12-10-33)60-63-45(67)23-41(37-15-19-49(71-3)53(27-37)75-7)31-57(63)78-58-32-42(24-46(68)64(58)60)38-16-20-50(72-4)54(28-38)76-8/h9-20,25-28,39-42,59-60H,21-24,29-32H2,1-8H3. The van der Waals surface area contributed by atoms with Gasteiger partial charge in [0.2, 0.25) is 0 Å². The summed E-state index contributed by atoms with van der Waals surface area (Å²) < 4.78 is 58.5. The summed E-state index contributed by atoms with van der Waals surface area (Å²) in [7, 11) is 12.7. The Morgan fingerprint density at radius 3 is 0.692 bits per heavy atom. The molecule has 0 saturated heterocycles. The van der Waals surface area contributed by atoms with E-state index < -0.39 is 11.8 Å². The first-order chi connectivity index (χ1) is 37.9. The Kier molecular flexibility index (Phi) is 14.1. The van der Waals surface area contributed by atoms with Gasteiger partial charge in [-0.3, -0.25) is 19.2 Å². The summed E-state index contributed by atoms with van der Waals surface area (Å²) in [6, 6.07) is 30.5. The van der Waals surface area contributed by atoms with Gasteiger partial charge in [0.05, 0.1) is 56.9 Å². The minimum atomic E-state index is -0.730. The number of allylic oxidation sites excluding steroid dienone is 8. The number of hydrogen-bond donors (Lipinski definition) is 0. The summed E-state index contributed by atoms with van der Waals surface area (Å²) in [5.41, 5.74) is 6.90. The fourth-order valence-electron chi connectivity index (χ4n) is 12.8. The van der Waals surface area contributed by atoms with Crippen molar-refractivity contribution in [3.05, 3.63) is 176 Å². The highest BCUT2D eigenvalue weighted by molar-refractivity contribution is 6.08. The number of ether oxygens (including phenoxy) is 10. The average Bonchev–Trinajstić information content (AvgIpc) is 3.55. The van der Waals surface area contributed by atoms with E-state index in [0.29, 0.717) is 117 Å². The Bertz CT molecular complexity index is 2990. The van der Waals surface area contributed by atoms with Gasteiger partial charge in [0.25, 0.3) is 0 Å². The molecule has 14 nitrogen and oxygen atoms in total. The van der Waals surface area contributed by atoms with Gasteiger partial charge in [-0.1, -0.05) is 48.5 Å². The molecule has 4 aliphatic carbocycles. The highest BCUT2D eigenvalue weighted by Crippen LogP contribution is 2.56. The molecule has 4 atom stereocenters. The van der Waals surface area contributed by atoms with Crippen LogP contribution < -0.4 is 37.9 Å². The molecule has 6 aliphatic rings. The zero-order valence-electron chi connectivity index (χ0n) is 45.1. The Hall–Kier alpha value is -8.26. The molecule has 11 rings (SSSR count). The van der Waals surface area contributed by atoms with Gasteiger partial charge in [-0.2, -0.15) is 0 Å². The molecule has 402 valence electrons. The minimum absolute atomic E-state index is 0.117. The van der Waals surface area contributed by atoms with Crippen molar-refractivity contribution in [2.75, 3.05) is 56.9 Å². The first-order valence-electron chi connectivity index (χ1n) is 26.3. The molecule has 5 aromatic carbocycles. The number of ketones is 4. The molecular weight excluding hydrogens is 993 g/mol. The molecule has 0 spiro atoms. The first-order valence-corrected chi connectivity index (χ1v) is 26.3. The third kappa shape index (κ3) is 9.14.